The maximum Gasteiger partial charge on any atom is 0.308 e. The van der Waals surface area contributed by atoms with Gasteiger partial charge in [0, 0.05) is 18.2 Å². The molecule has 20 heavy (non-hydrogen) atoms. The van der Waals surface area contributed by atoms with Crippen LogP contribution in [0.25, 0.3) is 0 Å². The van der Waals surface area contributed by atoms with Crippen LogP contribution >= 0.6 is 0 Å². The molecule has 0 bridgehead atoms. The minimum absolute atomic E-state index is 0.214. The van der Waals surface area contributed by atoms with Crippen LogP contribution in [0.15, 0.2) is 12.1 Å². The first-order valence-electron chi connectivity index (χ1n) is 6.57. The predicted molar refractivity (Wildman–Crippen MR) is 72.1 cm³/mol. The molecule has 1 aliphatic heterocycles. The highest BCUT2D eigenvalue weighted by Gasteiger charge is 2.18. The van der Waals surface area contributed by atoms with Crippen molar-refractivity contribution in [1.82, 2.24) is 5.32 Å². The van der Waals surface area contributed by atoms with Crippen molar-refractivity contribution in [1.29, 1.82) is 0 Å². The van der Waals surface area contributed by atoms with Crippen molar-refractivity contribution in [2.75, 3.05) is 27.1 Å². The molecule has 0 saturated heterocycles. The zero-order chi connectivity index (χ0) is 14.4. The minimum Gasteiger partial charge on any atom is -0.493 e. The Morgan fingerprint density at radius 3 is 2.80 bits per heavy atom. The molecular formula is C14H19NO5. The van der Waals surface area contributed by atoms with E-state index in [1.54, 1.807) is 6.07 Å². The third-order valence-electron chi connectivity index (χ3n) is 2.91. The topological polar surface area (TPSA) is 66.0 Å². The Hall–Kier alpha value is -1.95. The number of hydrogen-bond acceptors (Lipinski definition) is 6. The lowest BCUT2D eigenvalue weighted by Gasteiger charge is -2.12. The van der Waals surface area contributed by atoms with E-state index in [1.807, 2.05) is 13.0 Å². The van der Waals surface area contributed by atoms with Gasteiger partial charge in [0.05, 0.1) is 20.1 Å². The Labute approximate surface area is 118 Å². The summed E-state index contributed by atoms with van der Waals surface area (Å²) in [5.74, 6) is 1.79. The molecule has 0 unspecified atom stereocenters. The molecule has 0 aliphatic carbocycles. The van der Waals surface area contributed by atoms with E-state index in [0.29, 0.717) is 18.0 Å². The summed E-state index contributed by atoms with van der Waals surface area (Å²) in [5, 5.41) is 3.24. The second-order valence-corrected chi connectivity index (χ2v) is 4.27. The average Bonchev–Trinajstić information content (AvgIpc) is 2.91. The fourth-order valence-corrected chi connectivity index (χ4v) is 1.84. The highest BCUT2D eigenvalue weighted by molar-refractivity contribution is 5.69. The highest BCUT2D eigenvalue weighted by atomic mass is 16.7. The summed E-state index contributed by atoms with van der Waals surface area (Å²) >= 11 is 0. The zero-order valence-corrected chi connectivity index (χ0v) is 11.7. The monoisotopic (exact) mass is 281 g/mol. The maximum atomic E-state index is 11.1. The van der Waals surface area contributed by atoms with Crippen LogP contribution in [0.1, 0.15) is 18.9 Å². The van der Waals surface area contributed by atoms with Crippen LogP contribution in [0, 0.1) is 0 Å². The van der Waals surface area contributed by atoms with Gasteiger partial charge >= 0.3 is 5.97 Å². The average molecular weight is 281 g/mol. The van der Waals surface area contributed by atoms with Gasteiger partial charge in [-0.15, -0.1) is 0 Å². The van der Waals surface area contributed by atoms with E-state index in [1.165, 1.54) is 7.11 Å². The first-order chi connectivity index (χ1) is 9.74. The summed E-state index contributed by atoms with van der Waals surface area (Å²) in [4.78, 5) is 11.1. The second kappa shape index (κ2) is 7.00. The summed E-state index contributed by atoms with van der Waals surface area (Å²) in [6.45, 7) is 4.05. The van der Waals surface area contributed by atoms with Crippen LogP contribution in [-0.2, 0) is 16.1 Å². The normalized spacial score (nSPS) is 12.3. The molecule has 0 atom stereocenters. The third-order valence-corrected chi connectivity index (χ3v) is 2.91. The first kappa shape index (κ1) is 14.5. The molecule has 6 heteroatoms. The van der Waals surface area contributed by atoms with Gasteiger partial charge in [0.2, 0.25) is 6.79 Å². The number of esters is 1. The fraction of sp³-hybridized carbons (Fsp3) is 0.500. The Morgan fingerprint density at radius 2 is 2.10 bits per heavy atom. The van der Waals surface area contributed by atoms with Crippen molar-refractivity contribution in [3.05, 3.63) is 17.7 Å². The molecule has 0 radical (unpaired) electrons. The molecule has 1 heterocycles. The van der Waals surface area contributed by atoms with Crippen LogP contribution in [-0.4, -0.2) is 33.0 Å². The van der Waals surface area contributed by atoms with Crippen molar-refractivity contribution < 1.29 is 23.7 Å². The van der Waals surface area contributed by atoms with E-state index < -0.39 is 0 Å². The second-order valence-electron chi connectivity index (χ2n) is 4.27. The minimum atomic E-state index is -0.293. The van der Waals surface area contributed by atoms with Gasteiger partial charge < -0.3 is 24.3 Å². The molecule has 1 N–H and O–H groups in total. The highest BCUT2D eigenvalue weighted by Crippen LogP contribution is 2.38. The van der Waals surface area contributed by atoms with E-state index >= 15 is 0 Å². The van der Waals surface area contributed by atoms with Gasteiger partial charge in [-0.3, -0.25) is 4.79 Å². The molecule has 0 amide bonds. The van der Waals surface area contributed by atoms with Gasteiger partial charge in [-0.05, 0) is 12.6 Å². The van der Waals surface area contributed by atoms with E-state index in [4.69, 9.17) is 14.2 Å². The van der Waals surface area contributed by atoms with Crippen molar-refractivity contribution in [3.63, 3.8) is 0 Å². The quantitative estimate of drug-likeness (QED) is 0.763. The maximum absolute atomic E-state index is 11.1. The number of methoxy groups -OCH3 is 1. The SMILES string of the molecule is CCNCc1cc2c(cc1OCCC(=O)OC)OCO2. The largest absolute Gasteiger partial charge is 0.493 e. The summed E-state index contributed by atoms with van der Waals surface area (Å²) in [6.07, 6.45) is 0.214. The van der Waals surface area contributed by atoms with Crippen LogP contribution in [0.5, 0.6) is 17.2 Å². The zero-order valence-electron chi connectivity index (χ0n) is 11.7. The lowest BCUT2D eigenvalue weighted by Crippen LogP contribution is -2.14. The van der Waals surface area contributed by atoms with E-state index in [0.717, 1.165) is 17.9 Å². The molecule has 0 fully saturated rings. The standard InChI is InChI=1S/C14H19NO5/c1-3-15-8-10-6-12-13(20-9-19-12)7-11(10)18-5-4-14(16)17-2/h6-7,15H,3-5,8-9H2,1-2H3. The summed E-state index contributed by atoms with van der Waals surface area (Å²) < 4.78 is 20.9. The molecule has 0 spiro atoms. The number of benzene rings is 1. The predicted octanol–water partition coefficient (Wildman–Crippen LogP) is 1.47. The van der Waals surface area contributed by atoms with Gasteiger partial charge in [-0.2, -0.15) is 0 Å². The molecule has 1 aromatic carbocycles. The molecule has 0 aromatic heterocycles. The number of nitrogens with one attached hydrogen (secondary N) is 1. The molecular weight excluding hydrogens is 262 g/mol. The van der Waals surface area contributed by atoms with Crippen molar-refractivity contribution in [2.45, 2.75) is 19.9 Å². The van der Waals surface area contributed by atoms with Gasteiger partial charge in [0.1, 0.15) is 5.75 Å². The molecule has 6 nitrogen and oxygen atoms in total. The number of rotatable bonds is 7. The first-order valence-corrected chi connectivity index (χ1v) is 6.57. The number of carbonyl (C=O) groups excluding carboxylic acids is 1. The van der Waals surface area contributed by atoms with Crippen LogP contribution in [0.3, 0.4) is 0 Å². The Kier molecular flexibility index (Phi) is 5.06. The van der Waals surface area contributed by atoms with E-state index in [2.05, 4.69) is 10.1 Å². The molecule has 110 valence electrons. The van der Waals surface area contributed by atoms with Crippen molar-refractivity contribution in [3.8, 4) is 17.2 Å². The number of ether oxygens (including phenoxy) is 4. The summed E-state index contributed by atoms with van der Waals surface area (Å²) in [5.41, 5.74) is 0.973. The van der Waals surface area contributed by atoms with Crippen LogP contribution in [0.2, 0.25) is 0 Å². The smallest absolute Gasteiger partial charge is 0.308 e. The fourth-order valence-electron chi connectivity index (χ4n) is 1.84. The van der Waals surface area contributed by atoms with E-state index in [9.17, 15) is 4.79 Å². The van der Waals surface area contributed by atoms with Gasteiger partial charge in [0.25, 0.3) is 0 Å². The van der Waals surface area contributed by atoms with Crippen molar-refractivity contribution >= 4 is 5.97 Å². The molecule has 0 saturated carbocycles. The Balaban J connectivity index is 2.06. The summed E-state index contributed by atoms with van der Waals surface area (Å²) in [6, 6.07) is 3.70. The van der Waals surface area contributed by atoms with Gasteiger partial charge in [-0.1, -0.05) is 6.92 Å². The number of hydrogen-bond donors (Lipinski definition) is 1. The third kappa shape index (κ3) is 3.54. The summed E-state index contributed by atoms with van der Waals surface area (Å²) in [7, 11) is 1.36. The van der Waals surface area contributed by atoms with Crippen LogP contribution in [0.4, 0.5) is 0 Å². The molecule has 1 aromatic rings. The lowest BCUT2D eigenvalue weighted by molar-refractivity contribution is -0.141. The number of carbonyl (C=O) groups is 1. The Bertz CT molecular complexity index is 475. The van der Waals surface area contributed by atoms with E-state index in [-0.39, 0.29) is 25.8 Å². The van der Waals surface area contributed by atoms with Gasteiger partial charge in [0.15, 0.2) is 11.5 Å². The molecule has 2 rings (SSSR count). The van der Waals surface area contributed by atoms with Crippen LogP contribution < -0.4 is 19.5 Å². The Morgan fingerprint density at radius 1 is 1.35 bits per heavy atom. The van der Waals surface area contributed by atoms with Gasteiger partial charge in [-0.25, -0.2) is 0 Å². The number of fused-ring (bicyclic) bond motifs is 1. The lowest BCUT2D eigenvalue weighted by atomic mass is 10.1. The molecule has 1 aliphatic rings. The van der Waals surface area contributed by atoms with Crippen molar-refractivity contribution in [2.24, 2.45) is 0 Å².